The van der Waals surface area contributed by atoms with Crippen molar-refractivity contribution in [2.45, 2.75) is 50.7 Å². The highest BCUT2D eigenvalue weighted by atomic mass is 32.2. The van der Waals surface area contributed by atoms with Gasteiger partial charge < -0.3 is 4.98 Å². The molecule has 0 radical (unpaired) electrons. The first-order valence-corrected chi connectivity index (χ1v) is 9.37. The number of rotatable bonds is 6. The molecule has 0 aromatic carbocycles. The number of hydrogen-bond donors (Lipinski definition) is 1. The Morgan fingerprint density at radius 3 is 2.71 bits per heavy atom. The average molecular weight is 325 g/mol. The minimum absolute atomic E-state index is 0.130. The number of aryl methyl sites for hydroxylation is 2. The van der Waals surface area contributed by atoms with Gasteiger partial charge in [0.05, 0.1) is 6.20 Å². The minimum atomic E-state index is -3.49. The standard InChI is InChI=1S/C14H19N3O2S2/c1-3-13-15-8-14(16-13)21(18,19)17(11-5-6-11)9-12-7-4-10(2)20-12/h4,7-8,11H,3,5-6,9H2,1-2H3,(H,15,16). The molecule has 5 nitrogen and oxygen atoms in total. The Morgan fingerprint density at radius 1 is 1.43 bits per heavy atom. The maximum Gasteiger partial charge on any atom is 0.260 e. The molecule has 2 aromatic heterocycles. The van der Waals surface area contributed by atoms with Crippen molar-refractivity contribution >= 4 is 21.4 Å². The van der Waals surface area contributed by atoms with Gasteiger partial charge in [0.2, 0.25) is 0 Å². The van der Waals surface area contributed by atoms with Crippen molar-refractivity contribution in [2.75, 3.05) is 0 Å². The van der Waals surface area contributed by atoms with Crippen molar-refractivity contribution in [3.05, 3.63) is 33.9 Å². The van der Waals surface area contributed by atoms with Gasteiger partial charge in [-0.3, -0.25) is 0 Å². The van der Waals surface area contributed by atoms with Gasteiger partial charge in [-0.05, 0) is 31.9 Å². The van der Waals surface area contributed by atoms with E-state index in [4.69, 9.17) is 0 Å². The second kappa shape index (κ2) is 5.55. The molecule has 0 atom stereocenters. The molecule has 114 valence electrons. The third-order valence-electron chi connectivity index (χ3n) is 3.59. The number of nitrogens with zero attached hydrogens (tertiary/aromatic N) is 2. The highest BCUT2D eigenvalue weighted by Crippen LogP contribution is 2.34. The first-order valence-electron chi connectivity index (χ1n) is 7.11. The molecule has 0 unspecified atom stereocenters. The molecule has 1 saturated carbocycles. The zero-order valence-electron chi connectivity index (χ0n) is 12.2. The van der Waals surface area contributed by atoms with E-state index in [2.05, 4.69) is 9.97 Å². The second-order valence-electron chi connectivity index (χ2n) is 5.34. The first-order chi connectivity index (χ1) is 10.0. The van der Waals surface area contributed by atoms with Crippen molar-refractivity contribution in [3.63, 3.8) is 0 Å². The van der Waals surface area contributed by atoms with Crippen LogP contribution in [0, 0.1) is 6.92 Å². The molecule has 0 saturated heterocycles. The van der Waals surface area contributed by atoms with Gasteiger partial charge in [-0.1, -0.05) is 6.92 Å². The molecule has 2 heterocycles. The van der Waals surface area contributed by atoms with Crippen molar-refractivity contribution in [3.8, 4) is 0 Å². The molecule has 1 fully saturated rings. The molecule has 1 aliphatic carbocycles. The van der Waals surface area contributed by atoms with Crippen LogP contribution in [0.1, 0.15) is 35.3 Å². The summed E-state index contributed by atoms with van der Waals surface area (Å²) in [4.78, 5) is 9.32. The molecule has 0 spiro atoms. The molecule has 21 heavy (non-hydrogen) atoms. The number of H-pyrrole nitrogens is 1. The molecule has 1 N–H and O–H groups in total. The van der Waals surface area contributed by atoms with Gasteiger partial charge in [0.25, 0.3) is 10.0 Å². The fourth-order valence-electron chi connectivity index (χ4n) is 2.28. The Labute approximate surface area is 129 Å². The Bertz CT molecular complexity index is 729. The summed E-state index contributed by atoms with van der Waals surface area (Å²) in [5.41, 5.74) is 0. The number of aromatic amines is 1. The predicted molar refractivity (Wildman–Crippen MR) is 82.8 cm³/mol. The van der Waals surface area contributed by atoms with E-state index in [1.807, 2.05) is 26.0 Å². The van der Waals surface area contributed by atoms with Crippen LogP contribution in [0.4, 0.5) is 0 Å². The fourth-order valence-corrected chi connectivity index (χ4v) is 4.85. The van der Waals surface area contributed by atoms with E-state index >= 15 is 0 Å². The van der Waals surface area contributed by atoms with E-state index in [1.54, 1.807) is 15.6 Å². The first kappa shape index (κ1) is 14.7. The van der Waals surface area contributed by atoms with Gasteiger partial charge in [-0.15, -0.1) is 11.3 Å². The maximum atomic E-state index is 12.8. The van der Waals surface area contributed by atoms with Crippen LogP contribution < -0.4 is 0 Å². The molecule has 3 rings (SSSR count). The summed E-state index contributed by atoms with van der Waals surface area (Å²) in [5, 5.41) is 0.208. The molecule has 2 aromatic rings. The van der Waals surface area contributed by atoms with E-state index in [9.17, 15) is 8.42 Å². The van der Waals surface area contributed by atoms with Crippen LogP contribution in [0.2, 0.25) is 0 Å². The number of sulfonamides is 1. The van der Waals surface area contributed by atoms with Crippen molar-refractivity contribution < 1.29 is 8.42 Å². The lowest BCUT2D eigenvalue weighted by Gasteiger charge is -2.20. The lowest BCUT2D eigenvalue weighted by molar-refractivity contribution is 0.400. The summed E-state index contributed by atoms with van der Waals surface area (Å²) in [5.74, 6) is 0.705. The van der Waals surface area contributed by atoms with E-state index in [0.717, 1.165) is 17.7 Å². The van der Waals surface area contributed by atoms with Crippen molar-refractivity contribution in [1.82, 2.24) is 14.3 Å². The Kier molecular flexibility index (Phi) is 3.90. The molecular formula is C14H19N3O2S2. The van der Waals surface area contributed by atoms with E-state index < -0.39 is 10.0 Å². The van der Waals surface area contributed by atoms with E-state index in [0.29, 0.717) is 18.8 Å². The molecule has 0 bridgehead atoms. The van der Waals surface area contributed by atoms with Crippen molar-refractivity contribution in [1.29, 1.82) is 0 Å². The summed E-state index contributed by atoms with van der Waals surface area (Å²) in [7, 11) is -3.49. The third-order valence-corrected chi connectivity index (χ3v) is 6.38. The van der Waals surface area contributed by atoms with Gasteiger partial charge in [-0.2, -0.15) is 4.31 Å². The average Bonchev–Trinajstić information content (AvgIpc) is 3.00. The summed E-state index contributed by atoms with van der Waals surface area (Å²) in [6, 6.07) is 4.17. The monoisotopic (exact) mass is 325 g/mol. The van der Waals surface area contributed by atoms with Crippen LogP contribution in [-0.4, -0.2) is 28.7 Å². The third kappa shape index (κ3) is 3.04. The Hall–Kier alpha value is -1.18. The van der Waals surface area contributed by atoms with Crippen LogP contribution >= 0.6 is 11.3 Å². The summed E-state index contributed by atoms with van der Waals surface area (Å²) < 4.78 is 27.2. The van der Waals surface area contributed by atoms with Crippen LogP contribution in [0.25, 0.3) is 0 Å². The largest absolute Gasteiger partial charge is 0.332 e. The van der Waals surface area contributed by atoms with Gasteiger partial charge in [0.1, 0.15) is 5.82 Å². The zero-order chi connectivity index (χ0) is 15.0. The number of imidazole rings is 1. The lowest BCUT2D eigenvalue weighted by Crippen LogP contribution is -2.32. The fraction of sp³-hybridized carbons (Fsp3) is 0.500. The van der Waals surface area contributed by atoms with Crippen LogP contribution in [0.5, 0.6) is 0 Å². The highest BCUT2D eigenvalue weighted by Gasteiger charge is 2.39. The summed E-state index contributed by atoms with van der Waals surface area (Å²) >= 11 is 1.65. The molecule has 7 heteroatoms. The SMILES string of the molecule is CCc1ncc(S(=O)(=O)N(Cc2ccc(C)s2)C2CC2)[nH]1. The molecule has 1 aliphatic rings. The van der Waals surface area contributed by atoms with Crippen molar-refractivity contribution in [2.24, 2.45) is 0 Å². The second-order valence-corrected chi connectivity index (χ2v) is 8.57. The summed E-state index contributed by atoms with van der Waals surface area (Å²) in [6.45, 7) is 4.43. The maximum absolute atomic E-state index is 12.8. The smallest absolute Gasteiger partial charge is 0.260 e. The van der Waals surface area contributed by atoms with Crippen LogP contribution in [-0.2, 0) is 23.0 Å². The van der Waals surface area contributed by atoms with Gasteiger partial charge in [0.15, 0.2) is 5.03 Å². The lowest BCUT2D eigenvalue weighted by atomic mass is 10.4. The Morgan fingerprint density at radius 2 is 2.19 bits per heavy atom. The quantitative estimate of drug-likeness (QED) is 0.888. The van der Waals surface area contributed by atoms with Crippen LogP contribution in [0.15, 0.2) is 23.4 Å². The molecule has 0 amide bonds. The number of thiophene rings is 1. The highest BCUT2D eigenvalue weighted by molar-refractivity contribution is 7.89. The van der Waals surface area contributed by atoms with Gasteiger partial charge >= 0.3 is 0 Å². The molecule has 0 aliphatic heterocycles. The number of hydrogen-bond acceptors (Lipinski definition) is 4. The predicted octanol–water partition coefficient (Wildman–Crippen LogP) is 2.70. The van der Waals surface area contributed by atoms with Gasteiger partial charge in [0, 0.05) is 28.8 Å². The van der Waals surface area contributed by atoms with E-state index in [1.165, 1.54) is 11.1 Å². The summed E-state index contributed by atoms with van der Waals surface area (Å²) in [6.07, 6.45) is 4.02. The van der Waals surface area contributed by atoms with E-state index in [-0.39, 0.29) is 11.1 Å². The molecular weight excluding hydrogens is 306 g/mol. The number of nitrogens with one attached hydrogen (secondary N) is 1. The minimum Gasteiger partial charge on any atom is -0.332 e. The number of aromatic nitrogens is 2. The topological polar surface area (TPSA) is 66.1 Å². The van der Waals surface area contributed by atoms with Gasteiger partial charge in [-0.25, -0.2) is 13.4 Å². The van der Waals surface area contributed by atoms with Crippen LogP contribution in [0.3, 0.4) is 0 Å². The normalized spacial score (nSPS) is 15.8. The zero-order valence-corrected chi connectivity index (χ0v) is 13.8. The Balaban J connectivity index is 1.89.